The van der Waals surface area contributed by atoms with Gasteiger partial charge in [0.1, 0.15) is 4.99 Å². The molecule has 0 heterocycles. The van der Waals surface area contributed by atoms with E-state index in [4.69, 9.17) is 5.73 Å². The highest BCUT2D eigenvalue weighted by atomic mass is 79.9. The summed E-state index contributed by atoms with van der Waals surface area (Å²) in [6.45, 7) is -1.39. The number of benzene rings is 1. The normalized spacial score (nSPS) is 11.7. The first-order chi connectivity index (χ1) is 8.66. The van der Waals surface area contributed by atoms with E-state index in [1.807, 2.05) is 5.32 Å². The Morgan fingerprint density at radius 3 is 2.47 bits per heavy atom. The van der Waals surface area contributed by atoms with Crippen LogP contribution in [0.5, 0.6) is 0 Å². The third-order valence-electron chi connectivity index (χ3n) is 2.18. The SMILES string of the molecule is NC(=S)c1ccc(NCC(F)(F)C(F)F)c(F)c1Br. The summed E-state index contributed by atoms with van der Waals surface area (Å²) in [5, 5.41) is 1.92. The molecule has 3 N–H and O–H groups in total. The number of nitrogens with one attached hydrogen (secondary N) is 1. The fraction of sp³-hybridized carbons (Fsp3) is 0.300. The Labute approximate surface area is 119 Å². The van der Waals surface area contributed by atoms with Gasteiger partial charge in [-0.1, -0.05) is 12.2 Å². The van der Waals surface area contributed by atoms with Gasteiger partial charge in [0.25, 0.3) is 0 Å². The van der Waals surface area contributed by atoms with Gasteiger partial charge in [0.15, 0.2) is 5.82 Å². The molecule has 0 radical (unpaired) electrons. The van der Waals surface area contributed by atoms with Crippen molar-refractivity contribution in [1.29, 1.82) is 0 Å². The van der Waals surface area contributed by atoms with Gasteiger partial charge in [-0.05, 0) is 28.1 Å². The van der Waals surface area contributed by atoms with Crippen molar-refractivity contribution >= 4 is 38.8 Å². The van der Waals surface area contributed by atoms with Crippen LogP contribution < -0.4 is 11.1 Å². The summed E-state index contributed by atoms with van der Waals surface area (Å²) < 4.78 is 62.9. The fourth-order valence-corrected chi connectivity index (χ4v) is 2.03. The number of halogens is 6. The minimum Gasteiger partial charge on any atom is -0.389 e. The molecule has 0 saturated heterocycles. The first kappa shape index (κ1) is 16.1. The zero-order valence-electron chi connectivity index (χ0n) is 9.19. The van der Waals surface area contributed by atoms with Crippen molar-refractivity contribution in [3.05, 3.63) is 28.0 Å². The topological polar surface area (TPSA) is 38.0 Å². The van der Waals surface area contributed by atoms with Gasteiger partial charge in [0.2, 0.25) is 0 Å². The lowest BCUT2D eigenvalue weighted by Crippen LogP contribution is -2.35. The van der Waals surface area contributed by atoms with Crippen molar-refractivity contribution < 1.29 is 22.0 Å². The van der Waals surface area contributed by atoms with Crippen LogP contribution in [0.15, 0.2) is 16.6 Å². The minimum atomic E-state index is -4.25. The van der Waals surface area contributed by atoms with E-state index in [2.05, 4.69) is 28.1 Å². The van der Waals surface area contributed by atoms with Crippen LogP contribution in [0.4, 0.5) is 27.6 Å². The van der Waals surface area contributed by atoms with Crippen molar-refractivity contribution in [3.8, 4) is 0 Å². The molecular weight excluding hydrogens is 355 g/mol. The summed E-state index contributed by atoms with van der Waals surface area (Å²) in [6.07, 6.45) is -3.83. The van der Waals surface area contributed by atoms with Crippen LogP contribution in [0.3, 0.4) is 0 Å². The van der Waals surface area contributed by atoms with Crippen molar-refractivity contribution in [2.75, 3.05) is 11.9 Å². The second-order valence-electron chi connectivity index (χ2n) is 3.57. The van der Waals surface area contributed by atoms with E-state index in [0.29, 0.717) is 0 Å². The molecule has 0 saturated carbocycles. The maximum absolute atomic E-state index is 13.7. The summed E-state index contributed by atoms with van der Waals surface area (Å²) in [5.74, 6) is -5.18. The predicted octanol–water partition coefficient (Wildman–Crippen LogP) is 3.53. The molecule has 0 fully saturated rings. The third-order valence-corrected chi connectivity index (χ3v) is 3.18. The maximum atomic E-state index is 13.7. The van der Waals surface area contributed by atoms with Gasteiger partial charge < -0.3 is 11.1 Å². The molecule has 0 spiro atoms. The van der Waals surface area contributed by atoms with Crippen LogP contribution >= 0.6 is 28.1 Å². The van der Waals surface area contributed by atoms with Crippen molar-refractivity contribution in [2.24, 2.45) is 5.73 Å². The van der Waals surface area contributed by atoms with E-state index >= 15 is 0 Å². The Balaban J connectivity index is 2.93. The lowest BCUT2D eigenvalue weighted by atomic mass is 10.2. The van der Waals surface area contributed by atoms with Gasteiger partial charge >= 0.3 is 12.3 Å². The monoisotopic (exact) mass is 362 g/mol. The van der Waals surface area contributed by atoms with Crippen LogP contribution in [-0.4, -0.2) is 23.9 Å². The fourth-order valence-electron chi connectivity index (χ4n) is 1.17. The summed E-state index contributed by atoms with van der Waals surface area (Å²) in [7, 11) is 0. The van der Waals surface area contributed by atoms with Gasteiger partial charge in [-0.15, -0.1) is 0 Å². The molecule has 0 aliphatic heterocycles. The van der Waals surface area contributed by atoms with Gasteiger partial charge in [0.05, 0.1) is 16.7 Å². The van der Waals surface area contributed by atoms with E-state index in [0.717, 1.165) is 6.07 Å². The van der Waals surface area contributed by atoms with Crippen LogP contribution in [0, 0.1) is 5.82 Å². The highest BCUT2D eigenvalue weighted by molar-refractivity contribution is 9.10. The highest BCUT2D eigenvalue weighted by Crippen LogP contribution is 2.29. The number of hydrogen-bond acceptors (Lipinski definition) is 2. The molecule has 1 rings (SSSR count). The van der Waals surface area contributed by atoms with Crippen LogP contribution in [0.25, 0.3) is 0 Å². The summed E-state index contributed by atoms with van der Waals surface area (Å²) >= 11 is 7.51. The molecule has 1 aromatic rings. The molecule has 1 aromatic carbocycles. The average Bonchev–Trinajstić information content (AvgIpc) is 2.30. The van der Waals surface area contributed by atoms with Gasteiger partial charge in [-0.3, -0.25) is 0 Å². The van der Waals surface area contributed by atoms with Gasteiger partial charge in [-0.25, -0.2) is 13.2 Å². The van der Waals surface area contributed by atoms with E-state index in [1.165, 1.54) is 6.07 Å². The number of nitrogens with two attached hydrogens (primary N) is 1. The zero-order chi connectivity index (χ0) is 14.8. The van der Waals surface area contributed by atoms with Crippen molar-refractivity contribution in [1.82, 2.24) is 0 Å². The van der Waals surface area contributed by atoms with Crippen molar-refractivity contribution in [3.63, 3.8) is 0 Å². The number of alkyl halides is 4. The summed E-state index contributed by atoms with van der Waals surface area (Å²) in [4.78, 5) is -0.0877. The Kier molecular flexibility index (Phi) is 5.08. The first-order valence-electron chi connectivity index (χ1n) is 4.84. The quantitative estimate of drug-likeness (QED) is 0.621. The van der Waals surface area contributed by atoms with E-state index in [1.54, 1.807) is 0 Å². The zero-order valence-corrected chi connectivity index (χ0v) is 11.6. The molecule has 0 atom stereocenters. The first-order valence-corrected chi connectivity index (χ1v) is 6.04. The lowest BCUT2D eigenvalue weighted by molar-refractivity contribution is -0.117. The van der Waals surface area contributed by atoms with Gasteiger partial charge in [0, 0.05) is 5.56 Å². The number of rotatable bonds is 5. The van der Waals surface area contributed by atoms with Gasteiger partial charge in [-0.2, -0.15) is 8.78 Å². The molecule has 0 amide bonds. The molecule has 19 heavy (non-hydrogen) atoms. The Bertz CT molecular complexity index is 495. The molecular formula is C10H8BrF5N2S. The molecule has 0 unspecified atom stereocenters. The molecule has 2 nitrogen and oxygen atoms in total. The van der Waals surface area contributed by atoms with Crippen LogP contribution in [0.2, 0.25) is 0 Å². The molecule has 0 bridgehead atoms. The second-order valence-corrected chi connectivity index (χ2v) is 4.80. The standard InChI is InChI=1S/C10H8BrF5N2S/c11-6-4(8(17)19)1-2-5(7(6)12)18-3-10(15,16)9(13)14/h1-2,9,18H,3H2,(H2,17,19). The smallest absolute Gasteiger partial charge is 0.324 e. The Morgan fingerprint density at radius 1 is 1.42 bits per heavy atom. The maximum Gasteiger partial charge on any atom is 0.324 e. The second kappa shape index (κ2) is 6.00. The van der Waals surface area contributed by atoms with E-state index < -0.39 is 24.7 Å². The van der Waals surface area contributed by atoms with Crippen LogP contribution in [-0.2, 0) is 0 Å². The average molecular weight is 363 g/mol. The largest absolute Gasteiger partial charge is 0.389 e. The van der Waals surface area contributed by atoms with Crippen molar-refractivity contribution in [2.45, 2.75) is 12.3 Å². The molecule has 9 heteroatoms. The predicted molar refractivity (Wildman–Crippen MR) is 69.4 cm³/mol. The highest BCUT2D eigenvalue weighted by Gasteiger charge is 2.40. The molecule has 106 valence electrons. The minimum absolute atomic E-state index is 0.0877. The van der Waals surface area contributed by atoms with Crippen LogP contribution in [0.1, 0.15) is 5.56 Å². The lowest BCUT2D eigenvalue weighted by Gasteiger charge is -2.17. The molecule has 0 aromatic heterocycles. The Morgan fingerprint density at radius 2 is 2.00 bits per heavy atom. The molecule has 0 aliphatic rings. The number of anilines is 1. The van der Waals surface area contributed by atoms with E-state index in [9.17, 15) is 22.0 Å². The van der Waals surface area contributed by atoms with E-state index in [-0.39, 0.29) is 20.7 Å². The Hall–Kier alpha value is -0.960. The summed E-state index contributed by atoms with van der Waals surface area (Å²) in [6, 6.07) is 2.38. The molecule has 0 aliphatic carbocycles. The number of thiocarbonyl (C=S) groups is 1. The summed E-state index contributed by atoms with van der Waals surface area (Å²) in [5.41, 5.74) is 5.14. The third kappa shape index (κ3) is 3.75. The number of hydrogen-bond donors (Lipinski definition) is 2.